The first-order chi connectivity index (χ1) is 8.22. The van der Waals surface area contributed by atoms with Crippen molar-refractivity contribution < 1.29 is 4.79 Å². The van der Waals surface area contributed by atoms with E-state index >= 15 is 0 Å². The van der Waals surface area contributed by atoms with E-state index in [1.165, 1.54) is 17.8 Å². The third-order valence-electron chi connectivity index (χ3n) is 2.82. The number of carbonyl (C=O) groups excluding carboxylic acids is 1. The van der Waals surface area contributed by atoms with Crippen LogP contribution in [0.1, 0.15) is 35.9 Å². The minimum Gasteiger partial charge on any atom is -0.382 e. The van der Waals surface area contributed by atoms with Crippen LogP contribution in [0.2, 0.25) is 0 Å². The number of anilines is 2. The Morgan fingerprint density at radius 1 is 1.47 bits per heavy atom. The Morgan fingerprint density at radius 3 is 2.82 bits per heavy atom. The molecule has 17 heavy (non-hydrogen) atoms. The van der Waals surface area contributed by atoms with Crippen LogP contribution in [-0.2, 0) is 0 Å². The molecule has 3 N–H and O–H groups in total. The summed E-state index contributed by atoms with van der Waals surface area (Å²) in [4.78, 5) is 18.8. The van der Waals surface area contributed by atoms with E-state index in [2.05, 4.69) is 10.3 Å². The molecule has 1 aromatic rings. The summed E-state index contributed by atoms with van der Waals surface area (Å²) in [7, 11) is 0. The second-order valence-electron chi connectivity index (χ2n) is 4.12. The van der Waals surface area contributed by atoms with Crippen molar-refractivity contribution in [2.75, 3.05) is 30.7 Å². The molecule has 94 valence electrons. The van der Waals surface area contributed by atoms with E-state index in [0.29, 0.717) is 10.7 Å². The average molecular weight is 254 g/mol. The highest BCUT2D eigenvalue weighted by molar-refractivity contribution is 7.18. The van der Waals surface area contributed by atoms with Gasteiger partial charge < -0.3 is 16.0 Å². The number of nitrogens with two attached hydrogens (primary N) is 1. The third-order valence-corrected chi connectivity index (χ3v) is 3.84. The number of aromatic nitrogens is 1. The van der Waals surface area contributed by atoms with Crippen LogP contribution in [0.4, 0.5) is 10.9 Å². The van der Waals surface area contributed by atoms with E-state index < -0.39 is 0 Å². The van der Waals surface area contributed by atoms with Crippen LogP contribution in [-0.4, -0.2) is 35.4 Å². The van der Waals surface area contributed by atoms with E-state index in [9.17, 15) is 4.79 Å². The molecule has 1 aliphatic rings. The molecule has 0 aromatic carbocycles. The molecule has 0 saturated carbocycles. The summed E-state index contributed by atoms with van der Waals surface area (Å²) in [5.41, 5.74) is 5.79. The van der Waals surface area contributed by atoms with Crippen molar-refractivity contribution in [2.24, 2.45) is 0 Å². The Hall–Kier alpha value is -1.30. The van der Waals surface area contributed by atoms with Crippen molar-refractivity contribution >= 4 is 28.2 Å². The van der Waals surface area contributed by atoms with Crippen molar-refractivity contribution in [3.05, 3.63) is 4.88 Å². The number of hydrogen-bond acceptors (Lipinski definition) is 5. The lowest BCUT2D eigenvalue weighted by Gasteiger charge is -2.26. The first-order valence-electron chi connectivity index (χ1n) is 6.01. The third kappa shape index (κ3) is 2.69. The van der Waals surface area contributed by atoms with Crippen LogP contribution in [0.15, 0.2) is 0 Å². The quantitative estimate of drug-likeness (QED) is 0.862. The van der Waals surface area contributed by atoms with Gasteiger partial charge in [0.15, 0.2) is 5.13 Å². The maximum absolute atomic E-state index is 12.2. The fourth-order valence-electron chi connectivity index (χ4n) is 1.95. The largest absolute Gasteiger partial charge is 0.382 e. The highest BCUT2D eigenvalue weighted by Gasteiger charge is 2.23. The second-order valence-corrected chi connectivity index (χ2v) is 5.12. The summed E-state index contributed by atoms with van der Waals surface area (Å²) in [5, 5.41) is 3.81. The normalized spacial score (nSPS) is 15.9. The number of amides is 1. The summed E-state index contributed by atoms with van der Waals surface area (Å²) in [6, 6.07) is 0. The number of nitrogens with one attached hydrogen (secondary N) is 1. The molecule has 0 radical (unpaired) electrons. The fraction of sp³-hybridized carbons (Fsp3) is 0.636. The molecule has 1 saturated heterocycles. The molecule has 1 amide bonds. The fourth-order valence-corrected chi connectivity index (χ4v) is 2.87. The van der Waals surface area contributed by atoms with Gasteiger partial charge in [-0.3, -0.25) is 4.79 Å². The minimum atomic E-state index is 0.0313. The zero-order chi connectivity index (χ0) is 12.3. The van der Waals surface area contributed by atoms with Crippen LogP contribution in [0, 0.1) is 0 Å². The lowest BCUT2D eigenvalue weighted by Crippen LogP contribution is -2.35. The van der Waals surface area contributed by atoms with Crippen LogP contribution in [0.25, 0.3) is 0 Å². The summed E-state index contributed by atoms with van der Waals surface area (Å²) in [6.45, 7) is 4.45. The number of piperidine rings is 1. The monoisotopic (exact) mass is 254 g/mol. The van der Waals surface area contributed by atoms with Gasteiger partial charge in [0.2, 0.25) is 0 Å². The zero-order valence-electron chi connectivity index (χ0n) is 10.0. The molecule has 5 nitrogen and oxygen atoms in total. The van der Waals surface area contributed by atoms with E-state index in [4.69, 9.17) is 5.73 Å². The first-order valence-corrected chi connectivity index (χ1v) is 6.83. The minimum absolute atomic E-state index is 0.0313. The van der Waals surface area contributed by atoms with Crippen LogP contribution < -0.4 is 11.1 Å². The number of likely N-dealkylation sites (tertiary alicyclic amines) is 1. The van der Waals surface area contributed by atoms with Gasteiger partial charge in [0.05, 0.1) is 0 Å². The van der Waals surface area contributed by atoms with Crippen LogP contribution >= 0.6 is 11.3 Å². The van der Waals surface area contributed by atoms with Gasteiger partial charge in [-0.2, -0.15) is 0 Å². The molecule has 1 aliphatic heterocycles. The average Bonchev–Trinajstić information content (AvgIpc) is 2.71. The number of carbonyl (C=O) groups is 1. The summed E-state index contributed by atoms with van der Waals surface area (Å²) in [6.07, 6.45) is 3.39. The van der Waals surface area contributed by atoms with Crippen molar-refractivity contribution in [1.82, 2.24) is 9.88 Å². The van der Waals surface area contributed by atoms with Gasteiger partial charge in [0, 0.05) is 19.6 Å². The molecular weight excluding hydrogens is 236 g/mol. The molecule has 0 unspecified atom stereocenters. The Morgan fingerprint density at radius 2 is 2.18 bits per heavy atom. The Kier molecular flexibility index (Phi) is 3.83. The highest BCUT2D eigenvalue weighted by Crippen LogP contribution is 2.27. The van der Waals surface area contributed by atoms with Gasteiger partial charge >= 0.3 is 0 Å². The molecule has 0 aliphatic carbocycles. The molecule has 0 atom stereocenters. The van der Waals surface area contributed by atoms with Crippen LogP contribution in [0.5, 0.6) is 0 Å². The number of rotatable bonds is 3. The van der Waals surface area contributed by atoms with Crippen molar-refractivity contribution in [3.63, 3.8) is 0 Å². The number of nitrogen functional groups attached to an aromatic ring is 1. The van der Waals surface area contributed by atoms with Gasteiger partial charge in [0.25, 0.3) is 5.91 Å². The predicted octanol–water partition coefficient (Wildman–Crippen LogP) is 1.78. The molecule has 2 rings (SSSR count). The SMILES string of the molecule is CCNc1nc(N)c(C(=O)N2CCCCC2)s1. The van der Waals surface area contributed by atoms with E-state index in [0.717, 1.165) is 37.6 Å². The Labute approximate surface area is 105 Å². The molecule has 1 fully saturated rings. The van der Waals surface area contributed by atoms with Gasteiger partial charge in [-0.25, -0.2) is 4.98 Å². The Bertz CT molecular complexity index is 398. The summed E-state index contributed by atoms with van der Waals surface area (Å²) >= 11 is 1.35. The molecule has 6 heteroatoms. The lowest BCUT2D eigenvalue weighted by atomic mass is 10.1. The van der Waals surface area contributed by atoms with Crippen molar-refractivity contribution in [1.29, 1.82) is 0 Å². The lowest BCUT2D eigenvalue weighted by molar-refractivity contribution is 0.0730. The van der Waals surface area contributed by atoms with Gasteiger partial charge in [-0.1, -0.05) is 11.3 Å². The molecule has 0 bridgehead atoms. The van der Waals surface area contributed by atoms with Gasteiger partial charge in [-0.05, 0) is 26.2 Å². The van der Waals surface area contributed by atoms with E-state index in [1.54, 1.807) is 0 Å². The number of hydrogen-bond donors (Lipinski definition) is 2. The summed E-state index contributed by atoms with van der Waals surface area (Å²) in [5.74, 6) is 0.380. The Balaban J connectivity index is 2.12. The predicted molar refractivity (Wildman–Crippen MR) is 70.4 cm³/mol. The van der Waals surface area contributed by atoms with Gasteiger partial charge in [-0.15, -0.1) is 0 Å². The van der Waals surface area contributed by atoms with Gasteiger partial charge in [0.1, 0.15) is 10.7 Å². The molecule has 2 heterocycles. The molecule has 0 spiro atoms. The highest BCUT2D eigenvalue weighted by atomic mass is 32.1. The zero-order valence-corrected chi connectivity index (χ0v) is 10.8. The van der Waals surface area contributed by atoms with Crippen LogP contribution in [0.3, 0.4) is 0 Å². The maximum Gasteiger partial charge on any atom is 0.267 e. The molecule has 1 aromatic heterocycles. The molecular formula is C11H18N4OS. The smallest absolute Gasteiger partial charge is 0.267 e. The first kappa shape index (κ1) is 12.2. The standard InChI is InChI=1S/C11H18N4OS/c1-2-13-11-14-9(12)8(17-11)10(16)15-6-4-3-5-7-15/h2-7,12H2,1H3,(H,13,14). The van der Waals surface area contributed by atoms with Crippen molar-refractivity contribution in [2.45, 2.75) is 26.2 Å². The van der Waals surface area contributed by atoms with E-state index in [-0.39, 0.29) is 5.91 Å². The summed E-state index contributed by atoms with van der Waals surface area (Å²) < 4.78 is 0. The van der Waals surface area contributed by atoms with Crippen molar-refractivity contribution in [3.8, 4) is 0 Å². The number of thiazole rings is 1. The maximum atomic E-state index is 12.2. The number of nitrogens with zero attached hydrogens (tertiary/aromatic N) is 2. The van der Waals surface area contributed by atoms with E-state index in [1.807, 2.05) is 11.8 Å². The topological polar surface area (TPSA) is 71.2 Å². The second kappa shape index (κ2) is 5.35.